The van der Waals surface area contributed by atoms with Crippen molar-refractivity contribution in [1.29, 1.82) is 0 Å². The van der Waals surface area contributed by atoms with E-state index in [0.29, 0.717) is 0 Å². The van der Waals surface area contributed by atoms with Crippen molar-refractivity contribution in [3.05, 3.63) is 33.9 Å². The quantitative estimate of drug-likeness (QED) is 0.661. The van der Waals surface area contributed by atoms with Crippen molar-refractivity contribution in [2.45, 2.75) is 19.8 Å². The van der Waals surface area contributed by atoms with Gasteiger partial charge in [-0.25, -0.2) is 8.42 Å². The van der Waals surface area contributed by atoms with Crippen LogP contribution in [0.1, 0.15) is 25.3 Å². The SMILES string of the molecule is CC(C)c1ccc(NS(C)(=O)=O)c([N+](=O)[O-])c1. The van der Waals surface area contributed by atoms with Crippen LogP contribution in [0.4, 0.5) is 11.4 Å². The molecule has 0 saturated heterocycles. The fraction of sp³-hybridized carbons (Fsp3) is 0.400. The average Bonchev–Trinajstić information content (AvgIpc) is 2.14. The zero-order valence-corrected chi connectivity index (χ0v) is 10.6. The van der Waals surface area contributed by atoms with Crippen LogP contribution in [0.5, 0.6) is 0 Å². The van der Waals surface area contributed by atoms with Crippen molar-refractivity contribution < 1.29 is 13.3 Å². The molecule has 0 fully saturated rings. The molecule has 1 N–H and O–H groups in total. The molecule has 1 aromatic carbocycles. The van der Waals surface area contributed by atoms with E-state index in [1.165, 1.54) is 12.1 Å². The molecule has 7 heteroatoms. The maximum Gasteiger partial charge on any atom is 0.293 e. The molecular weight excluding hydrogens is 244 g/mol. The number of sulfonamides is 1. The molecule has 6 nitrogen and oxygen atoms in total. The van der Waals surface area contributed by atoms with Crippen LogP contribution < -0.4 is 4.72 Å². The van der Waals surface area contributed by atoms with Crippen molar-refractivity contribution >= 4 is 21.4 Å². The van der Waals surface area contributed by atoms with E-state index in [1.807, 2.05) is 13.8 Å². The first kappa shape index (κ1) is 13.4. The Balaban J connectivity index is 3.27. The minimum absolute atomic E-state index is 0.0121. The number of nitrogens with one attached hydrogen (secondary N) is 1. The maximum absolute atomic E-state index is 11.1. The molecule has 0 bridgehead atoms. The van der Waals surface area contributed by atoms with Gasteiger partial charge in [0.1, 0.15) is 5.69 Å². The van der Waals surface area contributed by atoms with E-state index in [1.54, 1.807) is 6.07 Å². The molecule has 0 aliphatic carbocycles. The lowest BCUT2D eigenvalue weighted by Gasteiger charge is -2.09. The third kappa shape index (κ3) is 3.70. The molecule has 0 aliphatic heterocycles. The Hall–Kier alpha value is -1.63. The average molecular weight is 258 g/mol. The smallest absolute Gasteiger partial charge is 0.277 e. The fourth-order valence-corrected chi connectivity index (χ4v) is 1.92. The third-order valence-corrected chi connectivity index (χ3v) is 2.77. The van der Waals surface area contributed by atoms with Gasteiger partial charge in [0, 0.05) is 6.07 Å². The van der Waals surface area contributed by atoms with Crippen molar-refractivity contribution in [2.24, 2.45) is 0 Å². The molecule has 0 radical (unpaired) electrons. The molecule has 0 spiro atoms. The Labute approximate surface area is 99.9 Å². The molecule has 0 aromatic heterocycles. The summed E-state index contributed by atoms with van der Waals surface area (Å²) in [5.41, 5.74) is 0.541. The number of anilines is 1. The van der Waals surface area contributed by atoms with Crippen LogP contribution in [-0.2, 0) is 10.0 Å². The third-order valence-electron chi connectivity index (χ3n) is 2.18. The van der Waals surface area contributed by atoms with Gasteiger partial charge in [0.25, 0.3) is 5.69 Å². The van der Waals surface area contributed by atoms with Crippen LogP contribution in [0.15, 0.2) is 18.2 Å². The van der Waals surface area contributed by atoms with Gasteiger partial charge in [-0.3, -0.25) is 14.8 Å². The predicted molar refractivity (Wildman–Crippen MR) is 65.7 cm³/mol. The number of nitro groups is 1. The first-order chi connectivity index (χ1) is 7.70. The Bertz CT molecular complexity index is 537. The number of nitrogens with zero attached hydrogens (tertiary/aromatic N) is 1. The zero-order valence-electron chi connectivity index (χ0n) is 9.80. The number of rotatable bonds is 4. The second-order valence-corrected chi connectivity index (χ2v) is 5.81. The highest BCUT2D eigenvalue weighted by molar-refractivity contribution is 7.92. The van der Waals surface area contributed by atoms with Crippen molar-refractivity contribution in [2.75, 3.05) is 11.0 Å². The van der Waals surface area contributed by atoms with Crippen LogP contribution in [0.25, 0.3) is 0 Å². The summed E-state index contributed by atoms with van der Waals surface area (Å²) in [5, 5.41) is 10.9. The number of nitro benzene ring substituents is 1. The van der Waals surface area contributed by atoms with Crippen LogP contribution in [0.3, 0.4) is 0 Å². The largest absolute Gasteiger partial charge is 0.293 e. The first-order valence-corrected chi connectivity index (χ1v) is 6.86. The molecule has 0 atom stereocenters. The lowest BCUT2D eigenvalue weighted by molar-refractivity contribution is -0.384. The Morgan fingerprint density at radius 2 is 1.94 bits per heavy atom. The van der Waals surface area contributed by atoms with E-state index < -0.39 is 14.9 Å². The second-order valence-electron chi connectivity index (χ2n) is 4.06. The molecule has 0 aliphatic rings. The molecule has 0 amide bonds. The molecule has 1 rings (SSSR count). The van der Waals surface area contributed by atoms with Crippen LogP contribution >= 0.6 is 0 Å². The topological polar surface area (TPSA) is 89.3 Å². The van der Waals surface area contributed by atoms with E-state index in [2.05, 4.69) is 4.72 Å². The lowest BCUT2D eigenvalue weighted by Crippen LogP contribution is -2.11. The van der Waals surface area contributed by atoms with Crippen LogP contribution in [-0.4, -0.2) is 19.6 Å². The summed E-state index contributed by atoms with van der Waals surface area (Å²) >= 11 is 0. The van der Waals surface area contributed by atoms with Gasteiger partial charge in [0.15, 0.2) is 0 Å². The predicted octanol–water partition coefficient (Wildman–Crippen LogP) is 2.09. The summed E-state index contributed by atoms with van der Waals surface area (Å²) in [6.07, 6.45) is 0.951. The van der Waals surface area contributed by atoms with Gasteiger partial charge in [-0.1, -0.05) is 19.9 Å². The van der Waals surface area contributed by atoms with Gasteiger partial charge in [-0.2, -0.15) is 0 Å². The Morgan fingerprint density at radius 3 is 2.35 bits per heavy atom. The van der Waals surface area contributed by atoms with Crippen molar-refractivity contribution in [3.63, 3.8) is 0 Å². The summed E-state index contributed by atoms with van der Waals surface area (Å²) in [6.45, 7) is 3.81. The van der Waals surface area contributed by atoms with Gasteiger partial charge < -0.3 is 0 Å². The minimum Gasteiger partial charge on any atom is -0.277 e. The molecule has 0 saturated carbocycles. The highest BCUT2D eigenvalue weighted by Crippen LogP contribution is 2.29. The number of hydrogen-bond donors (Lipinski definition) is 1. The molecule has 0 unspecified atom stereocenters. The van der Waals surface area contributed by atoms with E-state index in [-0.39, 0.29) is 17.3 Å². The fourth-order valence-electron chi connectivity index (χ4n) is 1.34. The van der Waals surface area contributed by atoms with E-state index >= 15 is 0 Å². The van der Waals surface area contributed by atoms with Crippen LogP contribution in [0, 0.1) is 10.1 Å². The van der Waals surface area contributed by atoms with E-state index in [9.17, 15) is 18.5 Å². The van der Waals surface area contributed by atoms with Gasteiger partial charge in [-0.05, 0) is 17.5 Å². The van der Waals surface area contributed by atoms with Gasteiger partial charge >= 0.3 is 0 Å². The first-order valence-electron chi connectivity index (χ1n) is 4.97. The van der Waals surface area contributed by atoms with Crippen LogP contribution in [0.2, 0.25) is 0 Å². The maximum atomic E-state index is 11.1. The second kappa shape index (κ2) is 4.70. The highest BCUT2D eigenvalue weighted by atomic mass is 32.2. The monoisotopic (exact) mass is 258 g/mol. The van der Waals surface area contributed by atoms with E-state index in [4.69, 9.17) is 0 Å². The summed E-state index contributed by atoms with van der Waals surface area (Å²) < 4.78 is 24.2. The number of benzene rings is 1. The number of hydrogen-bond acceptors (Lipinski definition) is 4. The minimum atomic E-state index is -3.52. The van der Waals surface area contributed by atoms with Gasteiger partial charge in [0.2, 0.25) is 10.0 Å². The molecular formula is C10H14N2O4S. The molecule has 1 aromatic rings. The molecule has 0 heterocycles. The summed E-state index contributed by atoms with van der Waals surface area (Å²) in [5.74, 6) is 0.140. The van der Waals surface area contributed by atoms with E-state index in [0.717, 1.165) is 11.8 Å². The Morgan fingerprint density at radius 1 is 1.35 bits per heavy atom. The zero-order chi connectivity index (χ0) is 13.2. The normalized spacial score (nSPS) is 11.5. The molecule has 17 heavy (non-hydrogen) atoms. The van der Waals surface area contributed by atoms with Gasteiger partial charge in [0.05, 0.1) is 11.2 Å². The summed E-state index contributed by atoms with van der Waals surface area (Å²) in [4.78, 5) is 10.3. The lowest BCUT2D eigenvalue weighted by atomic mass is 10.0. The highest BCUT2D eigenvalue weighted by Gasteiger charge is 2.18. The van der Waals surface area contributed by atoms with Gasteiger partial charge in [-0.15, -0.1) is 0 Å². The molecule has 94 valence electrons. The standard InChI is InChI=1S/C10H14N2O4S/c1-7(2)8-4-5-9(11-17(3,15)16)10(6-8)12(13)14/h4-7,11H,1-3H3. The van der Waals surface area contributed by atoms with Crippen molar-refractivity contribution in [3.8, 4) is 0 Å². The Kier molecular flexibility index (Phi) is 3.72. The summed E-state index contributed by atoms with van der Waals surface area (Å²) in [7, 11) is -3.52. The van der Waals surface area contributed by atoms with Crippen molar-refractivity contribution in [1.82, 2.24) is 0 Å². The summed E-state index contributed by atoms with van der Waals surface area (Å²) in [6, 6.07) is 4.47.